The van der Waals surface area contributed by atoms with Crippen molar-refractivity contribution < 1.29 is 20.3 Å². The highest BCUT2D eigenvalue weighted by molar-refractivity contribution is 14.1. The zero-order valence-electron chi connectivity index (χ0n) is 6.31. The number of anilines is 1. The Morgan fingerprint density at radius 1 is 1.31 bits per heavy atom. The van der Waals surface area contributed by atoms with E-state index in [0.717, 1.165) is 6.07 Å². The zero-order valence-corrected chi connectivity index (χ0v) is 8.46. The summed E-state index contributed by atoms with van der Waals surface area (Å²) >= 11 is 1.89. The van der Waals surface area contributed by atoms with E-state index in [2.05, 4.69) is 0 Å². The van der Waals surface area contributed by atoms with Gasteiger partial charge in [-0.15, -0.1) is 5.23 Å². The van der Waals surface area contributed by atoms with Gasteiger partial charge in [-0.1, -0.05) is 0 Å². The first-order valence-corrected chi connectivity index (χ1v) is 4.30. The van der Waals surface area contributed by atoms with Gasteiger partial charge in [0.05, 0.1) is 11.3 Å². The van der Waals surface area contributed by atoms with Crippen LogP contribution in [-0.2, 0) is 0 Å². The van der Waals surface area contributed by atoms with Gasteiger partial charge in [-0.25, -0.2) is 4.79 Å². The van der Waals surface area contributed by atoms with Gasteiger partial charge in [0.25, 0.3) is 0 Å². The average Bonchev–Trinajstić information content (AvgIpc) is 2.03. The van der Waals surface area contributed by atoms with Crippen LogP contribution in [0.1, 0.15) is 10.4 Å². The van der Waals surface area contributed by atoms with E-state index in [1.165, 1.54) is 12.1 Å². The fraction of sp³-hybridized carbons (Fsp3) is 0. The Morgan fingerprint density at radius 2 is 1.92 bits per heavy atom. The number of rotatable bonds is 2. The molecule has 6 heteroatoms. The summed E-state index contributed by atoms with van der Waals surface area (Å²) in [4.78, 5) is 10.5. The van der Waals surface area contributed by atoms with Crippen molar-refractivity contribution in [1.82, 2.24) is 0 Å². The lowest BCUT2D eigenvalue weighted by molar-refractivity contribution is 0.0291. The smallest absolute Gasteiger partial charge is 0.335 e. The Bertz CT molecular complexity index is 339. The zero-order chi connectivity index (χ0) is 10.0. The molecule has 0 aromatic heterocycles. The van der Waals surface area contributed by atoms with E-state index in [0.29, 0.717) is 3.57 Å². The van der Waals surface area contributed by atoms with Crippen LogP contribution in [0, 0.1) is 3.57 Å². The first-order chi connectivity index (χ1) is 6.00. The lowest BCUT2D eigenvalue weighted by atomic mass is 10.2. The molecule has 0 unspecified atom stereocenters. The van der Waals surface area contributed by atoms with Crippen LogP contribution >= 0.6 is 22.6 Å². The lowest BCUT2D eigenvalue weighted by Gasteiger charge is -2.08. The number of benzene rings is 1. The van der Waals surface area contributed by atoms with Gasteiger partial charge in [0.15, 0.2) is 0 Å². The third-order valence-electron chi connectivity index (χ3n) is 1.36. The normalized spacial score (nSPS) is 9.77. The standard InChI is InChI=1S/C7H6INO4/c8-5-1-4(7(10)11)2-6(3-5)9(12)13/h1-3,12-13H,(H,10,11). The molecule has 0 radical (unpaired) electrons. The van der Waals surface area contributed by atoms with Gasteiger partial charge in [0, 0.05) is 3.57 Å². The molecule has 0 amide bonds. The monoisotopic (exact) mass is 295 g/mol. The maximum atomic E-state index is 10.5. The van der Waals surface area contributed by atoms with Crippen LogP contribution in [-0.4, -0.2) is 21.5 Å². The number of nitrogens with zero attached hydrogens (tertiary/aromatic N) is 1. The van der Waals surface area contributed by atoms with E-state index in [1.807, 2.05) is 22.6 Å². The number of carbonyl (C=O) groups is 1. The van der Waals surface area contributed by atoms with Gasteiger partial charge in [-0.05, 0) is 40.8 Å². The van der Waals surface area contributed by atoms with Crippen molar-refractivity contribution in [2.45, 2.75) is 0 Å². The first-order valence-electron chi connectivity index (χ1n) is 3.22. The predicted molar refractivity (Wildman–Crippen MR) is 52.2 cm³/mol. The van der Waals surface area contributed by atoms with E-state index >= 15 is 0 Å². The summed E-state index contributed by atoms with van der Waals surface area (Å²) in [5.41, 5.74) is 0.0271. The maximum Gasteiger partial charge on any atom is 0.335 e. The molecule has 0 aliphatic carbocycles. The highest BCUT2D eigenvalue weighted by Crippen LogP contribution is 2.18. The first kappa shape index (κ1) is 10.2. The second kappa shape index (κ2) is 3.90. The Kier molecular flexibility index (Phi) is 3.07. The molecule has 3 N–H and O–H groups in total. The van der Waals surface area contributed by atoms with Gasteiger partial charge in [0.1, 0.15) is 0 Å². The van der Waals surface area contributed by atoms with Crippen molar-refractivity contribution in [2.75, 3.05) is 5.23 Å². The summed E-state index contributed by atoms with van der Waals surface area (Å²) in [5.74, 6) is -1.11. The number of aromatic carboxylic acids is 1. The minimum absolute atomic E-state index is 0.00926. The number of carboxylic acid groups (broad SMARTS) is 1. The second-order valence-corrected chi connectivity index (χ2v) is 3.54. The van der Waals surface area contributed by atoms with Crippen LogP contribution < -0.4 is 5.23 Å². The Labute approximate surface area is 87.3 Å². The van der Waals surface area contributed by atoms with E-state index < -0.39 is 5.97 Å². The van der Waals surface area contributed by atoms with Gasteiger partial charge < -0.3 is 5.11 Å². The molecule has 0 aliphatic rings. The lowest BCUT2D eigenvalue weighted by Crippen LogP contribution is -2.12. The molecule has 0 atom stereocenters. The van der Waals surface area contributed by atoms with Crippen molar-refractivity contribution in [3.63, 3.8) is 0 Å². The second-order valence-electron chi connectivity index (χ2n) is 2.29. The van der Waals surface area contributed by atoms with E-state index in [9.17, 15) is 4.79 Å². The molecule has 1 rings (SSSR count). The Balaban J connectivity index is 3.19. The summed E-state index contributed by atoms with van der Waals surface area (Å²) in [6, 6.07) is 4.02. The van der Waals surface area contributed by atoms with Crippen LogP contribution in [0.4, 0.5) is 5.69 Å². The summed E-state index contributed by atoms with van der Waals surface area (Å²) in [7, 11) is 0. The summed E-state index contributed by atoms with van der Waals surface area (Å²) in [6.07, 6.45) is 0. The van der Waals surface area contributed by atoms with Crippen molar-refractivity contribution in [2.24, 2.45) is 0 Å². The molecule has 0 bridgehead atoms. The van der Waals surface area contributed by atoms with E-state index in [1.54, 1.807) is 0 Å². The number of halogens is 1. The summed E-state index contributed by atoms with van der Waals surface area (Å²) in [6.45, 7) is 0. The summed E-state index contributed by atoms with van der Waals surface area (Å²) < 4.78 is 0.612. The maximum absolute atomic E-state index is 10.5. The molecule has 5 nitrogen and oxygen atoms in total. The highest BCUT2D eigenvalue weighted by atomic mass is 127. The largest absolute Gasteiger partial charge is 0.478 e. The topological polar surface area (TPSA) is 81.0 Å². The van der Waals surface area contributed by atoms with Crippen molar-refractivity contribution in [1.29, 1.82) is 0 Å². The van der Waals surface area contributed by atoms with Gasteiger partial charge in [0.2, 0.25) is 0 Å². The molecule has 70 valence electrons. The molecule has 1 aromatic carbocycles. The van der Waals surface area contributed by atoms with Crippen LogP contribution in [0.3, 0.4) is 0 Å². The SMILES string of the molecule is O=C(O)c1cc(I)cc(N(O)O)c1. The molecule has 0 fully saturated rings. The van der Waals surface area contributed by atoms with Crippen LogP contribution in [0.25, 0.3) is 0 Å². The molecule has 0 saturated heterocycles. The van der Waals surface area contributed by atoms with Crippen LogP contribution in [0.15, 0.2) is 18.2 Å². The molecular formula is C7H6INO4. The van der Waals surface area contributed by atoms with E-state index in [4.69, 9.17) is 15.5 Å². The molecule has 1 aromatic rings. The Morgan fingerprint density at radius 3 is 2.38 bits per heavy atom. The van der Waals surface area contributed by atoms with Gasteiger partial charge in [-0.2, -0.15) is 0 Å². The predicted octanol–water partition coefficient (Wildman–Crippen LogP) is 1.57. The highest BCUT2D eigenvalue weighted by Gasteiger charge is 2.08. The summed E-state index contributed by atoms with van der Waals surface area (Å²) in [5, 5.41) is 25.8. The molecule has 0 heterocycles. The Hall–Kier alpha value is -0.860. The van der Waals surface area contributed by atoms with E-state index in [-0.39, 0.29) is 16.5 Å². The fourth-order valence-corrected chi connectivity index (χ4v) is 1.47. The quantitative estimate of drug-likeness (QED) is 0.570. The van der Waals surface area contributed by atoms with Crippen molar-refractivity contribution in [3.05, 3.63) is 27.3 Å². The molecule has 13 heavy (non-hydrogen) atoms. The number of carboxylic acids is 1. The minimum atomic E-state index is -1.11. The minimum Gasteiger partial charge on any atom is -0.478 e. The third-order valence-corrected chi connectivity index (χ3v) is 1.98. The third kappa shape index (κ3) is 2.54. The molecule has 0 spiro atoms. The fourth-order valence-electron chi connectivity index (χ4n) is 0.813. The molecule has 0 saturated carbocycles. The van der Waals surface area contributed by atoms with Crippen LogP contribution in [0.2, 0.25) is 0 Å². The average molecular weight is 295 g/mol. The van der Waals surface area contributed by atoms with Crippen molar-refractivity contribution in [3.8, 4) is 0 Å². The van der Waals surface area contributed by atoms with Gasteiger partial charge >= 0.3 is 5.97 Å². The molecular weight excluding hydrogens is 289 g/mol. The van der Waals surface area contributed by atoms with Crippen LogP contribution in [0.5, 0.6) is 0 Å². The van der Waals surface area contributed by atoms with Crippen molar-refractivity contribution >= 4 is 34.2 Å². The number of hydrogen-bond donors (Lipinski definition) is 3. The number of hydrogen-bond acceptors (Lipinski definition) is 4. The van der Waals surface area contributed by atoms with Gasteiger partial charge in [-0.3, -0.25) is 10.4 Å². The molecule has 0 aliphatic heterocycles.